The lowest BCUT2D eigenvalue weighted by atomic mass is 9.84. The number of pyridine rings is 2. The first-order valence-electron chi connectivity index (χ1n) is 17.1. The summed E-state index contributed by atoms with van der Waals surface area (Å²) in [7, 11) is 0. The number of fused-ring (bicyclic) bond motifs is 3. The van der Waals surface area contributed by atoms with E-state index in [-0.39, 0.29) is 0 Å². The number of rotatable bonds is 5. The van der Waals surface area contributed by atoms with Gasteiger partial charge in [0, 0.05) is 24.8 Å². The number of aryl methyl sites for hydroxylation is 2. The summed E-state index contributed by atoms with van der Waals surface area (Å²) in [5.74, 6) is 0. The summed E-state index contributed by atoms with van der Waals surface area (Å²) in [6.45, 7) is 4.24. The molecule has 2 nitrogen and oxygen atoms in total. The summed E-state index contributed by atoms with van der Waals surface area (Å²) in [5.41, 5.74) is 14.5. The number of benzene rings is 7. The number of nitrogens with zero attached hydrogens (tertiary/aromatic N) is 2. The van der Waals surface area contributed by atoms with E-state index in [0.29, 0.717) is 0 Å². The molecule has 0 saturated heterocycles. The van der Waals surface area contributed by atoms with Crippen LogP contribution in [0, 0.1) is 13.8 Å². The van der Waals surface area contributed by atoms with E-state index in [1.165, 1.54) is 99.1 Å². The average Bonchev–Trinajstić information content (AvgIpc) is 3.17. The summed E-state index contributed by atoms with van der Waals surface area (Å²) >= 11 is 0. The molecule has 50 heavy (non-hydrogen) atoms. The predicted octanol–water partition coefficient (Wildman–Crippen LogP) is 12.9. The zero-order valence-corrected chi connectivity index (χ0v) is 28.1. The highest BCUT2D eigenvalue weighted by molar-refractivity contribution is 6.22. The maximum atomic E-state index is 4.31. The molecule has 0 aliphatic heterocycles. The molecule has 0 N–H and O–H groups in total. The van der Waals surface area contributed by atoms with Crippen molar-refractivity contribution in [2.24, 2.45) is 0 Å². The van der Waals surface area contributed by atoms with Crippen LogP contribution in [0.2, 0.25) is 0 Å². The van der Waals surface area contributed by atoms with Gasteiger partial charge >= 0.3 is 0 Å². The lowest BCUT2D eigenvalue weighted by Crippen LogP contribution is -1.92. The maximum absolute atomic E-state index is 4.31. The lowest BCUT2D eigenvalue weighted by Gasteiger charge is -2.19. The first-order chi connectivity index (χ1) is 24.6. The van der Waals surface area contributed by atoms with Gasteiger partial charge in [0.05, 0.1) is 0 Å². The van der Waals surface area contributed by atoms with Crippen molar-refractivity contribution < 1.29 is 0 Å². The first-order valence-corrected chi connectivity index (χ1v) is 17.1. The van der Waals surface area contributed by atoms with Crippen LogP contribution in [0.4, 0.5) is 0 Å². The fourth-order valence-corrected chi connectivity index (χ4v) is 7.58. The Labute approximate surface area is 292 Å². The van der Waals surface area contributed by atoms with Gasteiger partial charge in [-0.1, -0.05) is 121 Å². The third-order valence-corrected chi connectivity index (χ3v) is 10.1. The third-order valence-electron chi connectivity index (χ3n) is 10.1. The van der Waals surface area contributed by atoms with E-state index in [4.69, 9.17) is 0 Å². The Morgan fingerprint density at radius 3 is 1.36 bits per heavy atom. The van der Waals surface area contributed by atoms with E-state index in [1.807, 2.05) is 24.8 Å². The molecule has 7 aromatic carbocycles. The normalized spacial score (nSPS) is 11.4. The second-order valence-electron chi connectivity index (χ2n) is 13.2. The Kier molecular flexibility index (Phi) is 7.29. The Hall–Kier alpha value is -6.38. The van der Waals surface area contributed by atoms with Crippen molar-refractivity contribution in [1.82, 2.24) is 9.97 Å². The molecule has 0 atom stereocenters. The quantitative estimate of drug-likeness (QED) is 0.175. The van der Waals surface area contributed by atoms with E-state index in [9.17, 15) is 0 Å². The molecular weight excluding hydrogens is 605 g/mol. The van der Waals surface area contributed by atoms with Crippen LogP contribution in [0.5, 0.6) is 0 Å². The summed E-state index contributed by atoms with van der Waals surface area (Å²) in [5, 5.41) is 7.47. The van der Waals surface area contributed by atoms with Gasteiger partial charge in [0.15, 0.2) is 0 Å². The molecule has 2 heteroatoms. The van der Waals surface area contributed by atoms with Crippen molar-refractivity contribution in [3.63, 3.8) is 0 Å². The molecule has 0 aliphatic rings. The molecule has 0 radical (unpaired) electrons. The molecular formula is C48H34N2. The molecule has 2 aromatic heterocycles. The van der Waals surface area contributed by atoms with Gasteiger partial charge in [-0.05, 0) is 137 Å². The Morgan fingerprint density at radius 2 is 0.780 bits per heavy atom. The highest BCUT2D eigenvalue weighted by Crippen LogP contribution is 2.45. The lowest BCUT2D eigenvalue weighted by molar-refractivity contribution is 1.27. The minimum atomic E-state index is 1.17. The number of hydrogen-bond acceptors (Lipinski definition) is 2. The minimum absolute atomic E-state index is 1.17. The predicted molar refractivity (Wildman–Crippen MR) is 211 cm³/mol. The summed E-state index contributed by atoms with van der Waals surface area (Å²) in [4.78, 5) is 8.61. The van der Waals surface area contributed by atoms with Gasteiger partial charge in [-0.2, -0.15) is 0 Å². The molecule has 9 rings (SSSR count). The van der Waals surface area contributed by atoms with Crippen molar-refractivity contribution in [1.29, 1.82) is 0 Å². The molecule has 236 valence electrons. The van der Waals surface area contributed by atoms with E-state index < -0.39 is 0 Å². The Balaban J connectivity index is 1.29. The van der Waals surface area contributed by atoms with Crippen LogP contribution in [-0.4, -0.2) is 9.97 Å². The van der Waals surface area contributed by atoms with Crippen LogP contribution in [0.3, 0.4) is 0 Å². The number of aromatic nitrogens is 2. The fraction of sp³-hybridized carbons (Fsp3) is 0.0417. The highest BCUT2D eigenvalue weighted by atomic mass is 14.6. The van der Waals surface area contributed by atoms with Crippen LogP contribution >= 0.6 is 0 Å². The van der Waals surface area contributed by atoms with Gasteiger partial charge in [-0.15, -0.1) is 0 Å². The topological polar surface area (TPSA) is 25.8 Å². The minimum Gasteiger partial charge on any atom is -0.264 e. The summed E-state index contributed by atoms with van der Waals surface area (Å²) in [6, 6.07) is 53.6. The van der Waals surface area contributed by atoms with Crippen molar-refractivity contribution in [3.05, 3.63) is 182 Å². The Morgan fingerprint density at radius 1 is 0.340 bits per heavy atom. The largest absolute Gasteiger partial charge is 0.264 e. The van der Waals surface area contributed by atoms with Gasteiger partial charge in [0.25, 0.3) is 0 Å². The van der Waals surface area contributed by atoms with Gasteiger partial charge in [0.2, 0.25) is 0 Å². The van der Waals surface area contributed by atoms with Crippen LogP contribution in [0.25, 0.3) is 88.0 Å². The van der Waals surface area contributed by atoms with Crippen molar-refractivity contribution in [2.75, 3.05) is 0 Å². The molecule has 0 amide bonds. The van der Waals surface area contributed by atoms with Gasteiger partial charge in [-0.25, -0.2) is 0 Å². The first kappa shape index (κ1) is 29.7. The second-order valence-corrected chi connectivity index (χ2v) is 13.2. The molecule has 0 fully saturated rings. The Bertz CT molecular complexity index is 2700. The van der Waals surface area contributed by atoms with Gasteiger partial charge in [-0.3, -0.25) is 9.97 Å². The van der Waals surface area contributed by atoms with Gasteiger partial charge < -0.3 is 0 Å². The molecule has 0 aliphatic carbocycles. The van der Waals surface area contributed by atoms with E-state index in [1.54, 1.807) is 0 Å². The van der Waals surface area contributed by atoms with Crippen molar-refractivity contribution in [3.8, 4) is 55.6 Å². The zero-order chi connectivity index (χ0) is 33.6. The van der Waals surface area contributed by atoms with Crippen LogP contribution in [0.15, 0.2) is 170 Å². The third kappa shape index (κ3) is 5.14. The highest BCUT2D eigenvalue weighted by Gasteiger charge is 2.18. The second kappa shape index (κ2) is 12.3. The van der Waals surface area contributed by atoms with E-state index >= 15 is 0 Å². The molecule has 9 aromatic rings. The van der Waals surface area contributed by atoms with Gasteiger partial charge in [0.1, 0.15) is 0 Å². The molecule has 2 heterocycles. The van der Waals surface area contributed by atoms with Crippen LogP contribution in [0.1, 0.15) is 11.1 Å². The smallest absolute Gasteiger partial charge is 0.0303 e. The SMILES string of the molecule is Cc1cnccc1-c1ccc(-c2c3ccccc3c(-c3ccc(-c4ccncc4C)cc3)c3cc(-c4ccc5ccccc5c4)ccc23)cc1. The van der Waals surface area contributed by atoms with Crippen LogP contribution < -0.4 is 0 Å². The monoisotopic (exact) mass is 638 g/mol. The summed E-state index contributed by atoms with van der Waals surface area (Å²) in [6.07, 6.45) is 7.60. The maximum Gasteiger partial charge on any atom is 0.0303 e. The zero-order valence-electron chi connectivity index (χ0n) is 28.1. The fourth-order valence-electron chi connectivity index (χ4n) is 7.58. The summed E-state index contributed by atoms with van der Waals surface area (Å²) < 4.78 is 0. The molecule has 0 unspecified atom stereocenters. The van der Waals surface area contributed by atoms with Crippen molar-refractivity contribution in [2.45, 2.75) is 13.8 Å². The number of hydrogen-bond donors (Lipinski definition) is 0. The van der Waals surface area contributed by atoms with E-state index in [0.717, 1.165) is 0 Å². The molecule has 0 bridgehead atoms. The molecule has 0 saturated carbocycles. The standard InChI is InChI=1S/C48H34N2/c1-31-29-49-25-23-41(31)34-12-16-36(17-13-34)47-43-9-5-6-10-44(43)48(37-18-14-35(15-19-37)42-24-26-50-30-32(42)2)46-28-40(21-22-45(46)47)39-20-11-33-7-3-4-8-38(33)27-39/h3-30H,1-2H3. The van der Waals surface area contributed by atoms with Crippen molar-refractivity contribution >= 4 is 32.3 Å². The van der Waals surface area contributed by atoms with E-state index in [2.05, 4.69) is 169 Å². The molecule has 0 spiro atoms. The average molecular weight is 639 g/mol. The van der Waals surface area contributed by atoms with Crippen LogP contribution in [-0.2, 0) is 0 Å².